The van der Waals surface area contributed by atoms with Gasteiger partial charge >= 0.3 is 12.0 Å². The van der Waals surface area contributed by atoms with Crippen LogP contribution in [-0.4, -0.2) is 36.9 Å². The van der Waals surface area contributed by atoms with Gasteiger partial charge in [-0.15, -0.1) is 0 Å². The first-order chi connectivity index (χ1) is 9.52. The van der Waals surface area contributed by atoms with Gasteiger partial charge in [0.2, 0.25) is 0 Å². The Balaban J connectivity index is 2.52. The number of carboxylic acids is 1. The maximum absolute atomic E-state index is 11.6. The summed E-state index contributed by atoms with van der Waals surface area (Å²) in [5, 5.41) is 14.3. The van der Waals surface area contributed by atoms with Crippen LogP contribution in [0.25, 0.3) is 0 Å². The number of urea groups is 1. The fraction of sp³-hybridized carbons (Fsp3) is 0.429. The van der Waals surface area contributed by atoms with Crippen LogP contribution in [0, 0.1) is 0 Å². The molecule has 110 valence electrons. The van der Waals surface area contributed by atoms with Gasteiger partial charge < -0.3 is 20.5 Å². The molecule has 0 spiro atoms. The first-order valence-corrected chi connectivity index (χ1v) is 6.34. The van der Waals surface area contributed by atoms with E-state index in [1.165, 1.54) is 0 Å². The second-order valence-corrected chi connectivity index (χ2v) is 4.52. The lowest BCUT2D eigenvalue weighted by atomic mass is 10.0. The first kappa shape index (κ1) is 16.0. The maximum Gasteiger partial charge on any atom is 0.315 e. The number of amides is 2. The molecule has 0 fully saturated rings. The van der Waals surface area contributed by atoms with Crippen LogP contribution >= 0.6 is 0 Å². The van der Waals surface area contributed by atoms with Crippen LogP contribution in [0.4, 0.5) is 4.79 Å². The fourth-order valence-corrected chi connectivity index (χ4v) is 1.81. The van der Waals surface area contributed by atoms with Gasteiger partial charge in [0.05, 0.1) is 19.1 Å². The van der Waals surface area contributed by atoms with E-state index in [0.29, 0.717) is 12.2 Å². The molecule has 1 rings (SSSR count). The zero-order valence-electron chi connectivity index (χ0n) is 11.7. The zero-order chi connectivity index (χ0) is 15.0. The van der Waals surface area contributed by atoms with E-state index in [-0.39, 0.29) is 25.0 Å². The molecule has 0 aromatic heterocycles. The SMILES string of the molecule is COCC(C)NC(=O)NCc1ccccc1CC(=O)O. The zero-order valence-corrected chi connectivity index (χ0v) is 11.7. The highest BCUT2D eigenvalue weighted by Crippen LogP contribution is 2.09. The predicted molar refractivity (Wildman–Crippen MR) is 74.5 cm³/mol. The molecule has 1 unspecified atom stereocenters. The number of methoxy groups -OCH3 is 1. The maximum atomic E-state index is 11.6. The monoisotopic (exact) mass is 280 g/mol. The van der Waals surface area contributed by atoms with Crippen LogP contribution < -0.4 is 10.6 Å². The average molecular weight is 280 g/mol. The van der Waals surface area contributed by atoms with E-state index in [0.717, 1.165) is 5.56 Å². The molecule has 0 heterocycles. The first-order valence-electron chi connectivity index (χ1n) is 6.34. The molecule has 6 nitrogen and oxygen atoms in total. The second kappa shape index (κ2) is 8.16. The highest BCUT2D eigenvalue weighted by atomic mass is 16.5. The highest BCUT2D eigenvalue weighted by molar-refractivity contribution is 5.74. The highest BCUT2D eigenvalue weighted by Gasteiger charge is 2.09. The van der Waals surface area contributed by atoms with Crippen molar-refractivity contribution in [2.75, 3.05) is 13.7 Å². The lowest BCUT2D eigenvalue weighted by molar-refractivity contribution is -0.136. The Kier molecular flexibility index (Phi) is 6.52. The van der Waals surface area contributed by atoms with Crippen LogP contribution in [0.1, 0.15) is 18.1 Å². The molecule has 6 heteroatoms. The molecule has 0 aliphatic rings. The van der Waals surface area contributed by atoms with Crippen molar-refractivity contribution in [2.45, 2.75) is 25.9 Å². The molecule has 0 aliphatic heterocycles. The van der Waals surface area contributed by atoms with Crippen LogP contribution in [0.5, 0.6) is 0 Å². The smallest absolute Gasteiger partial charge is 0.315 e. The second-order valence-electron chi connectivity index (χ2n) is 4.52. The van der Waals surface area contributed by atoms with Gasteiger partial charge in [-0.2, -0.15) is 0 Å². The number of carbonyl (C=O) groups excluding carboxylic acids is 1. The quantitative estimate of drug-likeness (QED) is 0.699. The van der Waals surface area contributed by atoms with Gasteiger partial charge in [-0.25, -0.2) is 4.79 Å². The summed E-state index contributed by atoms with van der Waals surface area (Å²) in [6.07, 6.45) is -0.0560. The molecule has 1 aromatic rings. The summed E-state index contributed by atoms with van der Waals surface area (Å²) in [6, 6.07) is 6.75. The van der Waals surface area contributed by atoms with Crippen molar-refractivity contribution in [1.29, 1.82) is 0 Å². The minimum absolute atomic E-state index is 0.0560. The third-order valence-corrected chi connectivity index (χ3v) is 2.69. The molecule has 2 amide bonds. The lowest BCUT2D eigenvalue weighted by Gasteiger charge is -2.14. The predicted octanol–water partition coefficient (Wildman–Crippen LogP) is 1.15. The molecule has 0 aliphatic carbocycles. The number of carbonyl (C=O) groups is 2. The van der Waals surface area contributed by atoms with E-state index in [2.05, 4.69) is 10.6 Å². The topological polar surface area (TPSA) is 87.7 Å². The van der Waals surface area contributed by atoms with Gasteiger partial charge in [0, 0.05) is 13.7 Å². The number of nitrogens with one attached hydrogen (secondary N) is 2. The van der Waals surface area contributed by atoms with Gasteiger partial charge in [-0.1, -0.05) is 24.3 Å². The van der Waals surface area contributed by atoms with E-state index in [4.69, 9.17) is 9.84 Å². The van der Waals surface area contributed by atoms with Crippen LogP contribution in [0.15, 0.2) is 24.3 Å². The largest absolute Gasteiger partial charge is 0.481 e. The molecule has 1 aromatic carbocycles. The molecular weight excluding hydrogens is 260 g/mol. The number of carboxylic acid groups (broad SMARTS) is 1. The normalized spacial score (nSPS) is 11.7. The number of aliphatic carboxylic acids is 1. The number of ether oxygens (including phenoxy) is 1. The van der Waals surface area contributed by atoms with Gasteiger partial charge in [-0.05, 0) is 18.1 Å². The fourth-order valence-electron chi connectivity index (χ4n) is 1.81. The molecule has 0 bridgehead atoms. The standard InChI is InChI=1S/C14H20N2O4/c1-10(9-20-2)16-14(19)15-8-12-6-4-3-5-11(12)7-13(17)18/h3-6,10H,7-9H2,1-2H3,(H,17,18)(H2,15,16,19). The third-order valence-electron chi connectivity index (χ3n) is 2.69. The van der Waals surface area contributed by atoms with Gasteiger partial charge in [-0.3, -0.25) is 4.79 Å². The van der Waals surface area contributed by atoms with E-state index in [9.17, 15) is 9.59 Å². The summed E-state index contributed by atoms with van der Waals surface area (Å²) < 4.78 is 4.92. The van der Waals surface area contributed by atoms with E-state index in [1.807, 2.05) is 13.0 Å². The average Bonchev–Trinajstić information content (AvgIpc) is 2.37. The van der Waals surface area contributed by atoms with E-state index in [1.54, 1.807) is 25.3 Å². The Bertz CT molecular complexity index is 462. The Labute approximate surface area is 118 Å². The number of rotatable bonds is 7. The summed E-state index contributed by atoms with van der Waals surface area (Å²) in [5.41, 5.74) is 1.50. The van der Waals surface area contributed by atoms with Gasteiger partial charge in [0.1, 0.15) is 0 Å². The minimum atomic E-state index is -0.893. The lowest BCUT2D eigenvalue weighted by Crippen LogP contribution is -2.42. The van der Waals surface area contributed by atoms with Crippen LogP contribution in [-0.2, 0) is 22.5 Å². The Morgan fingerprint density at radius 3 is 2.55 bits per heavy atom. The van der Waals surface area contributed by atoms with Crippen molar-refractivity contribution in [3.05, 3.63) is 35.4 Å². The van der Waals surface area contributed by atoms with Crippen LogP contribution in [0.3, 0.4) is 0 Å². The Morgan fingerprint density at radius 1 is 1.30 bits per heavy atom. The summed E-state index contributed by atoms with van der Waals surface area (Å²) in [5.74, 6) is -0.893. The molecule has 0 radical (unpaired) electrons. The number of hydrogen-bond donors (Lipinski definition) is 3. The van der Waals surface area contributed by atoms with Crippen molar-refractivity contribution in [3.8, 4) is 0 Å². The molecular formula is C14H20N2O4. The summed E-state index contributed by atoms with van der Waals surface area (Å²) >= 11 is 0. The summed E-state index contributed by atoms with van der Waals surface area (Å²) in [6.45, 7) is 2.56. The van der Waals surface area contributed by atoms with Gasteiger partial charge in [0.15, 0.2) is 0 Å². The van der Waals surface area contributed by atoms with Crippen molar-refractivity contribution < 1.29 is 19.4 Å². The van der Waals surface area contributed by atoms with Crippen molar-refractivity contribution in [2.24, 2.45) is 0 Å². The number of benzene rings is 1. The molecule has 3 N–H and O–H groups in total. The minimum Gasteiger partial charge on any atom is -0.481 e. The molecule has 0 saturated heterocycles. The Morgan fingerprint density at radius 2 is 1.95 bits per heavy atom. The van der Waals surface area contributed by atoms with Crippen molar-refractivity contribution >= 4 is 12.0 Å². The van der Waals surface area contributed by atoms with Crippen molar-refractivity contribution in [1.82, 2.24) is 10.6 Å². The van der Waals surface area contributed by atoms with E-state index < -0.39 is 5.97 Å². The Hall–Kier alpha value is -2.08. The number of hydrogen-bond acceptors (Lipinski definition) is 3. The third kappa shape index (κ3) is 5.71. The summed E-state index contributed by atoms with van der Waals surface area (Å²) in [7, 11) is 1.57. The van der Waals surface area contributed by atoms with E-state index >= 15 is 0 Å². The molecule has 1 atom stereocenters. The van der Waals surface area contributed by atoms with Crippen molar-refractivity contribution in [3.63, 3.8) is 0 Å². The molecule has 20 heavy (non-hydrogen) atoms. The molecule has 0 saturated carbocycles. The van der Waals surface area contributed by atoms with Crippen LogP contribution in [0.2, 0.25) is 0 Å². The summed E-state index contributed by atoms with van der Waals surface area (Å²) in [4.78, 5) is 22.4. The van der Waals surface area contributed by atoms with Gasteiger partial charge in [0.25, 0.3) is 0 Å².